The Morgan fingerprint density at radius 1 is 1.41 bits per heavy atom. The third-order valence-corrected chi connectivity index (χ3v) is 2.75. The lowest BCUT2D eigenvalue weighted by atomic mass is 10.1. The van der Waals surface area contributed by atoms with Gasteiger partial charge in [-0.05, 0) is 24.3 Å². The summed E-state index contributed by atoms with van der Waals surface area (Å²) in [6.07, 6.45) is 2.25. The third kappa shape index (κ3) is 2.13. The predicted molar refractivity (Wildman–Crippen MR) is 69.7 cm³/mol. The smallest absolute Gasteiger partial charge is 0.0955 e. The second-order valence-electron chi connectivity index (χ2n) is 3.90. The van der Waals surface area contributed by atoms with Crippen LogP contribution >= 0.6 is 0 Å². The summed E-state index contributed by atoms with van der Waals surface area (Å²) in [6.45, 7) is 0.687. The van der Waals surface area contributed by atoms with Crippen molar-refractivity contribution >= 4 is 22.3 Å². The van der Waals surface area contributed by atoms with Gasteiger partial charge >= 0.3 is 0 Å². The molecular formula is C13H14N4. The standard InChI is InChI=1S/C13H14N4/c1-17(9-3-7-14)12-6-5-11(15)10-4-2-8-16-13(10)12/h2,4-6,8H,3,9,15H2,1H3. The lowest BCUT2D eigenvalue weighted by molar-refractivity contribution is 0.908. The highest BCUT2D eigenvalue weighted by atomic mass is 15.1. The molecule has 1 aromatic carbocycles. The van der Waals surface area contributed by atoms with Crippen LogP contribution in [0.4, 0.5) is 11.4 Å². The van der Waals surface area contributed by atoms with Gasteiger partial charge in [-0.3, -0.25) is 4.98 Å². The van der Waals surface area contributed by atoms with Gasteiger partial charge < -0.3 is 10.6 Å². The number of anilines is 2. The summed E-state index contributed by atoms with van der Waals surface area (Å²) in [5.41, 5.74) is 8.53. The number of nitrogen functional groups attached to an aromatic ring is 1. The summed E-state index contributed by atoms with van der Waals surface area (Å²) >= 11 is 0. The summed E-state index contributed by atoms with van der Waals surface area (Å²) in [6, 6.07) is 9.80. The van der Waals surface area contributed by atoms with Crippen molar-refractivity contribution in [1.82, 2.24) is 4.98 Å². The third-order valence-electron chi connectivity index (χ3n) is 2.75. The summed E-state index contributed by atoms with van der Waals surface area (Å²) in [5, 5.41) is 9.56. The first kappa shape index (κ1) is 11.2. The van der Waals surface area contributed by atoms with Gasteiger partial charge in [0.15, 0.2) is 0 Å². The average molecular weight is 226 g/mol. The van der Waals surface area contributed by atoms with Gasteiger partial charge in [0.05, 0.1) is 23.7 Å². The van der Waals surface area contributed by atoms with E-state index in [0.717, 1.165) is 22.3 Å². The van der Waals surface area contributed by atoms with Gasteiger partial charge in [0.2, 0.25) is 0 Å². The van der Waals surface area contributed by atoms with E-state index in [1.165, 1.54) is 0 Å². The minimum Gasteiger partial charge on any atom is -0.398 e. The van der Waals surface area contributed by atoms with Crippen molar-refractivity contribution in [2.24, 2.45) is 0 Å². The van der Waals surface area contributed by atoms with Gasteiger partial charge in [0.1, 0.15) is 0 Å². The number of hydrogen-bond acceptors (Lipinski definition) is 4. The molecule has 0 amide bonds. The number of fused-ring (bicyclic) bond motifs is 1. The van der Waals surface area contributed by atoms with Crippen LogP contribution in [0.5, 0.6) is 0 Å². The van der Waals surface area contributed by atoms with Gasteiger partial charge in [-0.25, -0.2) is 0 Å². The Labute approximate surface area is 100 Å². The molecule has 2 aromatic rings. The Hall–Kier alpha value is -2.28. The maximum absolute atomic E-state index is 8.61. The molecule has 17 heavy (non-hydrogen) atoms. The van der Waals surface area contributed by atoms with Gasteiger partial charge in [0.25, 0.3) is 0 Å². The SMILES string of the molecule is CN(CCC#N)c1ccc(N)c2cccnc12. The molecule has 4 nitrogen and oxygen atoms in total. The van der Waals surface area contributed by atoms with Crippen LogP contribution in [0.15, 0.2) is 30.5 Å². The minimum atomic E-state index is 0.495. The Balaban J connectivity index is 2.48. The normalized spacial score (nSPS) is 10.1. The monoisotopic (exact) mass is 226 g/mol. The molecule has 0 saturated carbocycles. The van der Waals surface area contributed by atoms with Crippen molar-refractivity contribution < 1.29 is 0 Å². The average Bonchev–Trinajstić information content (AvgIpc) is 2.37. The zero-order chi connectivity index (χ0) is 12.3. The molecule has 86 valence electrons. The second-order valence-corrected chi connectivity index (χ2v) is 3.90. The lowest BCUT2D eigenvalue weighted by Crippen LogP contribution is -2.18. The number of nitriles is 1. The molecule has 0 bridgehead atoms. The molecule has 4 heteroatoms. The second kappa shape index (κ2) is 4.71. The summed E-state index contributed by atoms with van der Waals surface area (Å²) in [7, 11) is 1.96. The van der Waals surface area contributed by atoms with Gasteiger partial charge in [0, 0.05) is 30.9 Å². The largest absolute Gasteiger partial charge is 0.398 e. The van der Waals surface area contributed by atoms with Crippen molar-refractivity contribution in [2.75, 3.05) is 24.2 Å². The molecular weight excluding hydrogens is 212 g/mol. The van der Waals surface area contributed by atoms with Crippen molar-refractivity contribution in [3.63, 3.8) is 0 Å². The molecule has 2 rings (SSSR count). The Kier molecular flexibility index (Phi) is 3.10. The van der Waals surface area contributed by atoms with Crippen LogP contribution in [0.25, 0.3) is 10.9 Å². The van der Waals surface area contributed by atoms with Crippen LogP contribution in [0.3, 0.4) is 0 Å². The number of benzene rings is 1. The fourth-order valence-corrected chi connectivity index (χ4v) is 1.83. The molecule has 0 unspecified atom stereocenters. The fraction of sp³-hybridized carbons (Fsp3) is 0.231. The zero-order valence-corrected chi connectivity index (χ0v) is 9.72. The molecule has 0 aliphatic heterocycles. The van der Waals surface area contributed by atoms with E-state index in [1.54, 1.807) is 6.20 Å². The molecule has 0 saturated heterocycles. The van der Waals surface area contributed by atoms with E-state index in [-0.39, 0.29) is 0 Å². The highest BCUT2D eigenvalue weighted by Crippen LogP contribution is 2.28. The lowest BCUT2D eigenvalue weighted by Gasteiger charge is -2.19. The van der Waals surface area contributed by atoms with E-state index in [2.05, 4.69) is 11.1 Å². The first-order valence-corrected chi connectivity index (χ1v) is 5.45. The number of nitrogens with zero attached hydrogens (tertiary/aromatic N) is 3. The Morgan fingerprint density at radius 2 is 2.24 bits per heavy atom. The van der Waals surface area contributed by atoms with E-state index in [4.69, 9.17) is 11.0 Å². The van der Waals surface area contributed by atoms with Gasteiger partial charge in [-0.2, -0.15) is 5.26 Å². The predicted octanol–water partition coefficient (Wildman–Crippen LogP) is 2.17. The van der Waals surface area contributed by atoms with Crippen LogP contribution in [0.2, 0.25) is 0 Å². The first-order valence-electron chi connectivity index (χ1n) is 5.45. The quantitative estimate of drug-likeness (QED) is 0.814. The maximum atomic E-state index is 8.61. The van der Waals surface area contributed by atoms with Crippen LogP contribution in [0, 0.1) is 11.3 Å². The van der Waals surface area contributed by atoms with Crippen LogP contribution in [0.1, 0.15) is 6.42 Å². The maximum Gasteiger partial charge on any atom is 0.0955 e. The Bertz CT molecular complexity index is 571. The molecule has 0 fully saturated rings. The molecule has 0 atom stereocenters. The van der Waals surface area contributed by atoms with Crippen LogP contribution in [-0.4, -0.2) is 18.6 Å². The summed E-state index contributed by atoms with van der Waals surface area (Å²) < 4.78 is 0. The number of nitrogens with two attached hydrogens (primary N) is 1. The molecule has 0 aliphatic carbocycles. The topological polar surface area (TPSA) is 65.9 Å². The minimum absolute atomic E-state index is 0.495. The van der Waals surface area contributed by atoms with Crippen LogP contribution < -0.4 is 10.6 Å². The molecule has 0 spiro atoms. The van der Waals surface area contributed by atoms with Crippen molar-refractivity contribution in [1.29, 1.82) is 5.26 Å². The molecule has 1 heterocycles. The van der Waals surface area contributed by atoms with Gasteiger partial charge in [-0.15, -0.1) is 0 Å². The molecule has 0 radical (unpaired) electrons. The molecule has 0 aliphatic rings. The highest BCUT2D eigenvalue weighted by molar-refractivity contribution is 5.98. The van der Waals surface area contributed by atoms with E-state index in [0.29, 0.717) is 13.0 Å². The van der Waals surface area contributed by atoms with Crippen molar-refractivity contribution in [2.45, 2.75) is 6.42 Å². The number of aromatic nitrogens is 1. The summed E-state index contributed by atoms with van der Waals surface area (Å²) in [5.74, 6) is 0. The van der Waals surface area contributed by atoms with Gasteiger partial charge in [-0.1, -0.05) is 0 Å². The number of pyridine rings is 1. The number of rotatable bonds is 3. The van der Waals surface area contributed by atoms with E-state index < -0.39 is 0 Å². The van der Waals surface area contributed by atoms with E-state index >= 15 is 0 Å². The summed E-state index contributed by atoms with van der Waals surface area (Å²) in [4.78, 5) is 6.39. The fourth-order valence-electron chi connectivity index (χ4n) is 1.83. The highest BCUT2D eigenvalue weighted by Gasteiger charge is 2.08. The van der Waals surface area contributed by atoms with E-state index in [9.17, 15) is 0 Å². The van der Waals surface area contributed by atoms with Crippen molar-refractivity contribution in [3.05, 3.63) is 30.5 Å². The first-order chi connectivity index (χ1) is 8.24. The zero-order valence-electron chi connectivity index (χ0n) is 9.72. The van der Waals surface area contributed by atoms with Crippen LogP contribution in [-0.2, 0) is 0 Å². The van der Waals surface area contributed by atoms with E-state index in [1.807, 2.05) is 36.2 Å². The van der Waals surface area contributed by atoms with Crippen molar-refractivity contribution in [3.8, 4) is 6.07 Å². The number of hydrogen-bond donors (Lipinski definition) is 1. The molecule has 1 aromatic heterocycles. The Morgan fingerprint density at radius 3 is 3.00 bits per heavy atom. The molecule has 2 N–H and O–H groups in total.